The first-order valence-electron chi connectivity index (χ1n) is 7.08. The van der Waals surface area contributed by atoms with Gasteiger partial charge in [-0.15, -0.1) is 0 Å². The van der Waals surface area contributed by atoms with Crippen molar-refractivity contribution in [1.82, 2.24) is 10.2 Å². The van der Waals surface area contributed by atoms with E-state index in [-0.39, 0.29) is 5.82 Å². The molecule has 106 valence electrons. The van der Waals surface area contributed by atoms with Crippen LogP contribution in [0, 0.1) is 5.82 Å². The minimum atomic E-state index is -0.190. The Morgan fingerprint density at radius 2 is 2.32 bits per heavy atom. The summed E-state index contributed by atoms with van der Waals surface area (Å²) in [6.07, 6.45) is 3.62. The highest BCUT2D eigenvalue weighted by molar-refractivity contribution is 9.10. The fourth-order valence-electron chi connectivity index (χ4n) is 2.66. The third kappa shape index (κ3) is 4.55. The third-order valence-electron chi connectivity index (χ3n) is 3.59. The first-order chi connectivity index (χ1) is 9.19. The Hall–Kier alpha value is -0.450. The van der Waals surface area contributed by atoms with Gasteiger partial charge in [0.05, 0.1) is 4.47 Å². The molecule has 1 N–H and O–H groups in total. The molecule has 0 saturated carbocycles. The van der Waals surface area contributed by atoms with Crippen molar-refractivity contribution in [3.63, 3.8) is 0 Å². The van der Waals surface area contributed by atoms with Gasteiger partial charge in [0, 0.05) is 19.1 Å². The molecule has 4 heteroatoms. The molecule has 1 aliphatic heterocycles. The third-order valence-corrected chi connectivity index (χ3v) is 4.20. The van der Waals surface area contributed by atoms with Gasteiger partial charge in [0.2, 0.25) is 0 Å². The van der Waals surface area contributed by atoms with E-state index in [1.54, 1.807) is 6.07 Å². The molecule has 0 spiro atoms. The minimum Gasteiger partial charge on any atom is -0.313 e. The number of nitrogens with zero attached hydrogens (tertiary/aromatic N) is 1. The van der Waals surface area contributed by atoms with E-state index in [0.29, 0.717) is 10.5 Å². The first-order valence-corrected chi connectivity index (χ1v) is 7.88. The lowest BCUT2D eigenvalue weighted by Crippen LogP contribution is -2.37. The van der Waals surface area contributed by atoms with Crippen molar-refractivity contribution in [3.8, 4) is 0 Å². The van der Waals surface area contributed by atoms with Crippen LogP contribution < -0.4 is 5.32 Å². The summed E-state index contributed by atoms with van der Waals surface area (Å²) in [6.45, 7) is 6.44. The number of halogens is 2. The molecular weight excluding hydrogens is 307 g/mol. The van der Waals surface area contributed by atoms with Crippen molar-refractivity contribution in [3.05, 3.63) is 34.1 Å². The van der Waals surface area contributed by atoms with E-state index in [4.69, 9.17) is 0 Å². The summed E-state index contributed by atoms with van der Waals surface area (Å²) in [4.78, 5) is 2.47. The van der Waals surface area contributed by atoms with Gasteiger partial charge in [0.1, 0.15) is 5.82 Å². The quantitative estimate of drug-likeness (QED) is 0.909. The standard InChI is InChI=1S/C15H22BrFN2/c1-2-4-13-11-19(8-3-7-18-13)10-12-5-6-15(17)14(16)9-12/h5-6,9,13,18H,2-4,7-8,10-11H2,1H3. The summed E-state index contributed by atoms with van der Waals surface area (Å²) in [6, 6.07) is 5.91. The molecule has 2 nitrogen and oxygen atoms in total. The predicted molar refractivity (Wildman–Crippen MR) is 80.7 cm³/mol. The Labute approximate surface area is 123 Å². The molecule has 0 aliphatic carbocycles. The smallest absolute Gasteiger partial charge is 0.137 e. The van der Waals surface area contributed by atoms with E-state index in [9.17, 15) is 4.39 Å². The highest BCUT2D eigenvalue weighted by atomic mass is 79.9. The largest absolute Gasteiger partial charge is 0.313 e. The van der Waals surface area contributed by atoms with E-state index >= 15 is 0 Å². The zero-order valence-corrected chi connectivity index (χ0v) is 13.0. The van der Waals surface area contributed by atoms with Gasteiger partial charge in [-0.1, -0.05) is 19.4 Å². The van der Waals surface area contributed by atoms with Crippen LogP contribution in [0.15, 0.2) is 22.7 Å². The molecule has 0 bridgehead atoms. The SMILES string of the molecule is CCCC1CN(Cc2ccc(F)c(Br)c2)CCCN1. The van der Waals surface area contributed by atoms with Crippen LogP contribution in [0.4, 0.5) is 4.39 Å². The van der Waals surface area contributed by atoms with E-state index in [2.05, 4.69) is 33.1 Å². The molecule has 0 aromatic heterocycles. The molecule has 19 heavy (non-hydrogen) atoms. The van der Waals surface area contributed by atoms with E-state index < -0.39 is 0 Å². The van der Waals surface area contributed by atoms with Crippen molar-refractivity contribution in [2.75, 3.05) is 19.6 Å². The monoisotopic (exact) mass is 328 g/mol. The van der Waals surface area contributed by atoms with Crippen LogP contribution in [0.5, 0.6) is 0 Å². The maximum absolute atomic E-state index is 13.2. The molecule has 1 atom stereocenters. The molecule has 1 aromatic rings. The normalized spacial score (nSPS) is 21.3. The average molecular weight is 329 g/mol. The zero-order valence-electron chi connectivity index (χ0n) is 11.5. The van der Waals surface area contributed by atoms with Crippen LogP contribution in [0.1, 0.15) is 31.7 Å². The van der Waals surface area contributed by atoms with Gasteiger partial charge < -0.3 is 5.32 Å². The highest BCUT2D eigenvalue weighted by Crippen LogP contribution is 2.18. The van der Waals surface area contributed by atoms with E-state index in [1.165, 1.54) is 24.8 Å². The Kier molecular flexibility index (Phi) is 5.79. The Morgan fingerprint density at radius 1 is 1.47 bits per heavy atom. The Bertz CT molecular complexity index is 411. The lowest BCUT2D eigenvalue weighted by atomic mass is 10.1. The molecule has 0 radical (unpaired) electrons. The van der Waals surface area contributed by atoms with Crippen molar-refractivity contribution < 1.29 is 4.39 Å². The molecule has 1 fully saturated rings. The summed E-state index contributed by atoms with van der Waals surface area (Å²) in [5, 5.41) is 3.61. The van der Waals surface area contributed by atoms with Gasteiger partial charge >= 0.3 is 0 Å². The van der Waals surface area contributed by atoms with Crippen molar-refractivity contribution >= 4 is 15.9 Å². The second-order valence-electron chi connectivity index (χ2n) is 5.28. The Morgan fingerprint density at radius 3 is 3.05 bits per heavy atom. The molecule has 2 rings (SSSR count). The van der Waals surface area contributed by atoms with Gasteiger partial charge in [-0.3, -0.25) is 4.90 Å². The van der Waals surface area contributed by atoms with Gasteiger partial charge in [-0.05, 0) is 59.6 Å². The summed E-state index contributed by atoms with van der Waals surface area (Å²) >= 11 is 3.26. The summed E-state index contributed by atoms with van der Waals surface area (Å²) in [5.74, 6) is -0.190. The van der Waals surface area contributed by atoms with Crippen molar-refractivity contribution in [2.24, 2.45) is 0 Å². The number of hydrogen-bond donors (Lipinski definition) is 1. The maximum Gasteiger partial charge on any atom is 0.137 e. The topological polar surface area (TPSA) is 15.3 Å². The fraction of sp³-hybridized carbons (Fsp3) is 0.600. The second-order valence-corrected chi connectivity index (χ2v) is 6.13. The molecule has 1 aromatic carbocycles. The lowest BCUT2D eigenvalue weighted by Gasteiger charge is -2.24. The van der Waals surface area contributed by atoms with Gasteiger partial charge in [-0.2, -0.15) is 0 Å². The van der Waals surface area contributed by atoms with E-state index in [1.807, 2.05) is 12.1 Å². The number of hydrogen-bond acceptors (Lipinski definition) is 2. The summed E-state index contributed by atoms with van der Waals surface area (Å²) in [7, 11) is 0. The molecule has 0 amide bonds. The minimum absolute atomic E-state index is 0.190. The molecule has 1 aliphatic rings. The van der Waals surface area contributed by atoms with Gasteiger partial charge in [0.25, 0.3) is 0 Å². The predicted octanol–water partition coefficient (Wildman–Crippen LogP) is 3.55. The van der Waals surface area contributed by atoms with Crippen LogP contribution in [0.3, 0.4) is 0 Å². The van der Waals surface area contributed by atoms with Crippen LogP contribution in [0.2, 0.25) is 0 Å². The first kappa shape index (κ1) is 14.9. The average Bonchev–Trinajstić information content (AvgIpc) is 2.60. The van der Waals surface area contributed by atoms with Crippen LogP contribution in [-0.2, 0) is 6.54 Å². The van der Waals surface area contributed by atoms with E-state index in [0.717, 1.165) is 26.2 Å². The summed E-state index contributed by atoms with van der Waals surface area (Å²) < 4.78 is 13.8. The van der Waals surface area contributed by atoms with Crippen LogP contribution >= 0.6 is 15.9 Å². The van der Waals surface area contributed by atoms with Gasteiger partial charge in [-0.25, -0.2) is 4.39 Å². The van der Waals surface area contributed by atoms with Crippen LogP contribution in [-0.4, -0.2) is 30.6 Å². The number of rotatable bonds is 4. The van der Waals surface area contributed by atoms with Crippen molar-refractivity contribution in [2.45, 2.75) is 38.8 Å². The number of nitrogens with one attached hydrogen (secondary N) is 1. The molecule has 1 heterocycles. The Balaban J connectivity index is 1.97. The lowest BCUT2D eigenvalue weighted by molar-refractivity contribution is 0.254. The molecular formula is C15H22BrFN2. The summed E-state index contributed by atoms with van der Waals surface area (Å²) in [5.41, 5.74) is 1.17. The van der Waals surface area contributed by atoms with Crippen molar-refractivity contribution in [1.29, 1.82) is 0 Å². The fourth-order valence-corrected chi connectivity index (χ4v) is 3.08. The zero-order chi connectivity index (χ0) is 13.7. The maximum atomic E-state index is 13.2. The molecule has 1 saturated heterocycles. The van der Waals surface area contributed by atoms with Crippen LogP contribution in [0.25, 0.3) is 0 Å². The molecule has 1 unspecified atom stereocenters. The number of benzene rings is 1. The highest BCUT2D eigenvalue weighted by Gasteiger charge is 2.17. The second kappa shape index (κ2) is 7.36. The van der Waals surface area contributed by atoms with Gasteiger partial charge in [0.15, 0.2) is 0 Å².